The summed E-state index contributed by atoms with van der Waals surface area (Å²) in [5, 5.41) is 7.26. The van der Waals surface area contributed by atoms with Crippen molar-refractivity contribution in [2.24, 2.45) is 0 Å². The summed E-state index contributed by atoms with van der Waals surface area (Å²) in [6.07, 6.45) is 2.30. The number of rotatable bonds is 4. The first kappa shape index (κ1) is 37.3. The lowest BCUT2D eigenvalue weighted by Gasteiger charge is -2.36. The number of hydrogen-bond acceptors (Lipinski definition) is 5. The van der Waals surface area contributed by atoms with Gasteiger partial charge in [0.2, 0.25) is 0 Å². The van der Waals surface area contributed by atoms with Gasteiger partial charge in [0, 0.05) is 36.6 Å². The standard InChI is InChI=1S/C46H29Br2F3NO5PS/c47-39-23-37(35-21-25-9-1-3-11-27(25)29-13-5-7-15-31(29)35)43-41-33(39)17-19-45(41)20-18-34-40(48)24-38(36-22-26-10-2-4-12-28(26)30-14-6-8-16-32(30)36)44(42(34)45)57-58(53,56-43)52-59(54,55)46(49,50)51/h1-16,21-24H,17-20H2,(H,52,53). The second-order valence-electron chi connectivity index (χ2n) is 15.4. The zero-order valence-corrected chi connectivity index (χ0v) is 35.5. The highest BCUT2D eigenvalue weighted by molar-refractivity contribution is 9.10. The number of sulfonamides is 1. The Hall–Kier alpha value is -4.71. The first-order chi connectivity index (χ1) is 28.3. The molecule has 0 saturated heterocycles. The maximum Gasteiger partial charge on any atom is 0.526 e. The minimum atomic E-state index is -6.29. The van der Waals surface area contributed by atoms with Gasteiger partial charge in [-0.1, -0.05) is 133 Å². The van der Waals surface area contributed by atoms with E-state index >= 15 is 4.57 Å². The molecule has 3 aliphatic rings. The van der Waals surface area contributed by atoms with Crippen molar-refractivity contribution in [3.05, 3.63) is 153 Å². The molecule has 0 amide bonds. The summed E-state index contributed by atoms with van der Waals surface area (Å²) < 4.78 is 101. The van der Waals surface area contributed by atoms with Gasteiger partial charge in [-0.15, -0.1) is 0 Å². The van der Waals surface area contributed by atoms with Crippen LogP contribution in [0.15, 0.2) is 130 Å². The molecule has 0 saturated carbocycles. The van der Waals surface area contributed by atoms with Gasteiger partial charge in [-0.05, 0) is 115 Å². The largest absolute Gasteiger partial charge is 0.526 e. The molecule has 0 atom stereocenters. The molecule has 8 aromatic rings. The number of nitrogens with one attached hydrogen (secondary N) is 1. The molecule has 1 heterocycles. The molecule has 2 aliphatic carbocycles. The van der Waals surface area contributed by atoms with Crippen LogP contribution in [0.2, 0.25) is 0 Å². The van der Waals surface area contributed by atoms with E-state index in [9.17, 15) is 21.6 Å². The average molecular weight is 956 g/mol. The van der Waals surface area contributed by atoms with Crippen molar-refractivity contribution >= 4 is 92.7 Å². The van der Waals surface area contributed by atoms with E-state index in [1.165, 1.54) is 4.49 Å². The first-order valence-electron chi connectivity index (χ1n) is 18.9. The van der Waals surface area contributed by atoms with Gasteiger partial charge in [-0.25, -0.2) is 13.0 Å². The molecule has 0 fully saturated rings. The van der Waals surface area contributed by atoms with E-state index in [1.54, 1.807) is 0 Å². The molecule has 59 heavy (non-hydrogen) atoms. The lowest BCUT2D eigenvalue weighted by atomic mass is 9.74. The fourth-order valence-electron chi connectivity index (χ4n) is 9.91. The number of alkyl halides is 3. The Morgan fingerprint density at radius 2 is 0.966 bits per heavy atom. The number of halogens is 5. The van der Waals surface area contributed by atoms with Crippen LogP contribution in [-0.2, 0) is 32.8 Å². The van der Waals surface area contributed by atoms with Gasteiger partial charge in [0.15, 0.2) is 0 Å². The highest BCUT2D eigenvalue weighted by Crippen LogP contribution is 2.67. The maximum absolute atomic E-state index is 15.5. The van der Waals surface area contributed by atoms with Gasteiger partial charge in [0.05, 0.1) is 0 Å². The van der Waals surface area contributed by atoms with Crippen LogP contribution in [0.3, 0.4) is 0 Å². The molecular formula is C46H29Br2F3NO5PS. The molecule has 0 radical (unpaired) electrons. The van der Waals surface area contributed by atoms with Crippen LogP contribution >= 0.6 is 39.6 Å². The maximum atomic E-state index is 15.5. The Kier molecular flexibility index (Phi) is 8.15. The average Bonchev–Trinajstić information content (AvgIpc) is 3.80. The third kappa shape index (κ3) is 5.46. The van der Waals surface area contributed by atoms with E-state index in [-0.39, 0.29) is 11.5 Å². The summed E-state index contributed by atoms with van der Waals surface area (Å²) in [6.45, 7) is 0. The zero-order chi connectivity index (χ0) is 40.6. The summed E-state index contributed by atoms with van der Waals surface area (Å²) in [7, 11) is -11.8. The summed E-state index contributed by atoms with van der Waals surface area (Å²) in [6, 6.07) is 38.9. The van der Waals surface area contributed by atoms with E-state index in [4.69, 9.17) is 9.05 Å². The minimum Gasteiger partial charge on any atom is -0.403 e. The number of fused-ring (bicyclic) bond motifs is 6. The quantitative estimate of drug-likeness (QED) is 0.140. The normalized spacial score (nSPS) is 16.4. The topological polar surface area (TPSA) is 81.7 Å². The lowest BCUT2D eigenvalue weighted by molar-refractivity contribution is -0.0443. The SMILES string of the molecule is O=P1(NS(=O)(=O)C(F)(F)F)Oc2c(-c3cc4ccccc4c4ccccc34)cc(Br)c3c2C2(CC3)CCc3c(Br)cc(-c4cc5ccccc5c5ccccc45)c(c32)O1. The molecular weight excluding hydrogens is 926 g/mol. The molecule has 0 aromatic heterocycles. The van der Waals surface area contributed by atoms with Gasteiger partial charge in [0.1, 0.15) is 11.5 Å². The molecule has 1 spiro atoms. The van der Waals surface area contributed by atoms with Crippen LogP contribution in [0.1, 0.15) is 35.1 Å². The molecule has 6 nitrogen and oxygen atoms in total. The van der Waals surface area contributed by atoms with Gasteiger partial charge >= 0.3 is 23.3 Å². The van der Waals surface area contributed by atoms with E-state index in [2.05, 4.69) is 31.9 Å². The van der Waals surface area contributed by atoms with Crippen LogP contribution in [0.25, 0.3) is 65.3 Å². The van der Waals surface area contributed by atoms with Crippen LogP contribution in [0.5, 0.6) is 11.5 Å². The Balaban J connectivity index is 1.27. The van der Waals surface area contributed by atoms with Gasteiger partial charge < -0.3 is 9.05 Å². The summed E-state index contributed by atoms with van der Waals surface area (Å²) in [5.41, 5.74) is -1.44. The molecule has 1 aliphatic heterocycles. The zero-order valence-electron chi connectivity index (χ0n) is 30.7. The molecule has 13 heteroatoms. The highest BCUT2D eigenvalue weighted by Gasteiger charge is 2.57. The molecule has 1 N–H and O–H groups in total. The molecule has 0 unspecified atom stereocenters. The highest BCUT2D eigenvalue weighted by atomic mass is 79.9. The van der Waals surface area contributed by atoms with Crippen molar-refractivity contribution in [1.82, 2.24) is 4.49 Å². The predicted molar refractivity (Wildman–Crippen MR) is 234 cm³/mol. The smallest absolute Gasteiger partial charge is 0.403 e. The fourth-order valence-corrected chi connectivity index (χ4v) is 13.9. The minimum absolute atomic E-state index is 0.0190. The monoisotopic (exact) mass is 953 g/mol. The Morgan fingerprint density at radius 1 is 0.576 bits per heavy atom. The Labute approximate surface area is 353 Å². The van der Waals surface area contributed by atoms with Crippen molar-refractivity contribution in [3.8, 4) is 33.8 Å². The Bertz CT molecular complexity index is 3160. The van der Waals surface area contributed by atoms with E-state index in [0.717, 1.165) is 63.2 Å². The fraction of sp³-hybridized carbons (Fsp3) is 0.130. The van der Waals surface area contributed by atoms with Crippen LogP contribution in [0.4, 0.5) is 13.2 Å². The van der Waals surface area contributed by atoms with Crippen molar-refractivity contribution in [2.75, 3.05) is 0 Å². The van der Waals surface area contributed by atoms with Crippen LogP contribution in [-0.4, -0.2) is 13.9 Å². The molecule has 294 valence electrons. The number of benzene rings is 8. The first-order valence-corrected chi connectivity index (χ1v) is 23.5. The molecule has 0 bridgehead atoms. The van der Waals surface area contributed by atoms with E-state index in [0.29, 0.717) is 59.1 Å². The van der Waals surface area contributed by atoms with Gasteiger partial charge in [-0.3, -0.25) is 0 Å². The van der Waals surface area contributed by atoms with Gasteiger partial charge in [-0.2, -0.15) is 13.2 Å². The second-order valence-corrected chi connectivity index (χ2v) is 20.6. The summed E-state index contributed by atoms with van der Waals surface area (Å²) in [4.78, 5) is 0. The second kappa shape index (κ2) is 12.9. The molecule has 11 rings (SSSR count). The number of hydrogen-bond donors (Lipinski definition) is 1. The van der Waals surface area contributed by atoms with E-state index in [1.807, 2.05) is 121 Å². The third-order valence-electron chi connectivity index (χ3n) is 12.3. The third-order valence-corrected chi connectivity index (χ3v) is 17.0. The molecule has 8 aromatic carbocycles. The summed E-state index contributed by atoms with van der Waals surface area (Å²) in [5.74, 6) is 0.0380. The van der Waals surface area contributed by atoms with E-state index < -0.39 is 28.7 Å². The summed E-state index contributed by atoms with van der Waals surface area (Å²) >= 11 is 7.75. The Morgan fingerprint density at radius 3 is 1.39 bits per heavy atom. The van der Waals surface area contributed by atoms with Crippen molar-refractivity contribution < 1.29 is 35.2 Å². The van der Waals surface area contributed by atoms with Crippen molar-refractivity contribution in [1.29, 1.82) is 0 Å². The van der Waals surface area contributed by atoms with Crippen molar-refractivity contribution in [2.45, 2.75) is 36.6 Å². The van der Waals surface area contributed by atoms with Crippen LogP contribution in [0, 0.1) is 0 Å². The van der Waals surface area contributed by atoms with Crippen molar-refractivity contribution in [3.63, 3.8) is 0 Å². The lowest BCUT2D eigenvalue weighted by Crippen LogP contribution is -2.37. The predicted octanol–water partition coefficient (Wildman–Crippen LogP) is 13.7. The van der Waals surface area contributed by atoms with Crippen LogP contribution < -0.4 is 13.5 Å². The van der Waals surface area contributed by atoms with Gasteiger partial charge in [0.25, 0.3) is 0 Å².